The van der Waals surface area contributed by atoms with Gasteiger partial charge in [-0.1, -0.05) is 11.6 Å². The first-order valence-electron chi connectivity index (χ1n) is 4.44. The van der Waals surface area contributed by atoms with Gasteiger partial charge in [-0.05, 0) is 18.2 Å². The van der Waals surface area contributed by atoms with Crippen LogP contribution in [-0.2, 0) is 0 Å². The molecule has 3 nitrogen and oxygen atoms in total. The monoisotopic (exact) mass is 236 g/mol. The summed E-state index contributed by atoms with van der Waals surface area (Å²) in [5.74, 6) is -1.09. The minimum atomic E-state index is -0.652. The van der Waals surface area contributed by atoms with Crippen molar-refractivity contribution in [2.45, 2.75) is 0 Å². The van der Waals surface area contributed by atoms with Crippen LogP contribution in [0.2, 0.25) is 5.15 Å². The van der Waals surface area contributed by atoms with E-state index in [1.54, 1.807) is 0 Å². The molecule has 0 saturated heterocycles. The minimum absolute atomic E-state index is 0.0303. The van der Waals surface area contributed by atoms with Crippen LogP contribution >= 0.6 is 11.6 Å². The number of aromatic nitrogens is 2. The number of carbonyl (C=O) groups is 1. The van der Waals surface area contributed by atoms with Crippen molar-refractivity contribution in [1.82, 2.24) is 9.97 Å². The SMILES string of the molecule is O=C(c1ccnc(Cl)c1)c1ccncc1F. The molecule has 0 amide bonds. The summed E-state index contributed by atoms with van der Waals surface area (Å²) in [5, 5.41) is 0.195. The normalized spacial score (nSPS) is 10.1. The predicted molar refractivity (Wildman–Crippen MR) is 56.9 cm³/mol. The van der Waals surface area contributed by atoms with E-state index < -0.39 is 11.6 Å². The number of carbonyl (C=O) groups excluding carboxylic acids is 1. The van der Waals surface area contributed by atoms with E-state index in [2.05, 4.69) is 9.97 Å². The molecule has 0 aliphatic heterocycles. The lowest BCUT2D eigenvalue weighted by molar-refractivity contribution is 0.103. The Morgan fingerprint density at radius 1 is 1.31 bits per heavy atom. The van der Waals surface area contributed by atoms with Crippen molar-refractivity contribution in [3.63, 3.8) is 0 Å². The first kappa shape index (κ1) is 10.7. The molecular weight excluding hydrogens is 231 g/mol. The van der Waals surface area contributed by atoms with Crippen molar-refractivity contribution in [2.24, 2.45) is 0 Å². The van der Waals surface area contributed by atoms with Crippen molar-refractivity contribution in [1.29, 1.82) is 0 Å². The van der Waals surface area contributed by atoms with Gasteiger partial charge in [-0.25, -0.2) is 9.37 Å². The molecule has 2 heterocycles. The fraction of sp³-hybridized carbons (Fsp3) is 0. The summed E-state index contributed by atoms with van der Waals surface area (Å²) < 4.78 is 13.3. The maximum atomic E-state index is 13.3. The Morgan fingerprint density at radius 3 is 2.81 bits per heavy atom. The van der Waals surface area contributed by atoms with Gasteiger partial charge in [-0.2, -0.15) is 0 Å². The summed E-state index contributed by atoms with van der Waals surface area (Å²) >= 11 is 5.65. The summed E-state index contributed by atoms with van der Waals surface area (Å²) in [6.07, 6.45) is 3.75. The van der Waals surface area contributed by atoms with E-state index in [1.165, 1.54) is 30.6 Å². The second kappa shape index (κ2) is 4.37. The molecular formula is C11H6ClFN2O. The summed E-state index contributed by atoms with van der Waals surface area (Å²) in [6, 6.07) is 4.20. The molecule has 0 aliphatic rings. The zero-order chi connectivity index (χ0) is 11.5. The lowest BCUT2D eigenvalue weighted by atomic mass is 10.1. The van der Waals surface area contributed by atoms with Gasteiger partial charge in [0.25, 0.3) is 0 Å². The van der Waals surface area contributed by atoms with Crippen LogP contribution in [-0.4, -0.2) is 15.8 Å². The zero-order valence-corrected chi connectivity index (χ0v) is 8.78. The van der Waals surface area contributed by atoms with Gasteiger partial charge in [0.05, 0.1) is 11.8 Å². The third kappa shape index (κ3) is 2.06. The summed E-state index contributed by atoms with van der Waals surface area (Å²) in [4.78, 5) is 19.2. The Kier molecular flexibility index (Phi) is 2.92. The van der Waals surface area contributed by atoms with Crippen molar-refractivity contribution in [2.75, 3.05) is 0 Å². The van der Waals surface area contributed by atoms with E-state index in [0.717, 1.165) is 6.20 Å². The molecule has 0 radical (unpaired) electrons. The molecule has 0 fully saturated rings. The number of nitrogens with zero attached hydrogens (tertiary/aromatic N) is 2. The first-order chi connectivity index (χ1) is 7.68. The number of halogens is 2. The fourth-order valence-corrected chi connectivity index (χ4v) is 1.43. The number of ketones is 1. The third-order valence-corrected chi connectivity index (χ3v) is 2.21. The maximum Gasteiger partial charge on any atom is 0.196 e. The quantitative estimate of drug-likeness (QED) is 0.594. The number of hydrogen-bond acceptors (Lipinski definition) is 3. The first-order valence-corrected chi connectivity index (χ1v) is 4.82. The van der Waals surface area contributed by atoms with E-state index in [9.17, 15) is 9.18 Å². The Morgan fingerprint density at radius 2 is 2.12 bits per heavy atom. The van der Waals surface area contributed by atoms with Gasteiger partial charge in [0.15, 0.2) is 11.6 Å². The van der Waals surface area contributed by atoms with Gasteiger partial charge in [0, 0.05) is 18.0 Å². The highest BCUT2D eigenvalue weighted by Gasteiger charge is 2.13. The van der Waals surface area contributed by atoms with Gasteiger partial charge in [0.1, 0.15) is 5.15 Å². The molecule has 0 aromatic carbocycles. The van der Waals surface area contributed by atoms with Gasteiger partial charge < -0.3 is 0 Å². The average Bonchev–Trinajstić information content (AvgIpc) is 2.29. The molecule has 0 spiro atoms. The van der Waals surface area contributed by atoms with Gasteiger partial charge >= 0.3 is 0 Å². The van der Waals surface area contributed by atoms with Crippen LogP contribution in [0.4, 0.5) is 4.39 Å². The van der Waals surface area contributed by atoms with E-state index in [0.29, 0.717) is 5.56 Å². The van der Waals surface area contributed by atoms with Crippen molar-refractivity contribution >= 4 is 17.4 Å². The molecule has 16 heavy (non-hydrogen) atoms. The fourth-order valence-electron chi connectivity index (χ4n) is 1.26. The Bertz CT molecular complexity index is 545. The molecule has 0 N–H and O–H groups in total. The predicted octanol–water partition coefficient (Wildman–Crippen LogP) is 2.50. The van der Waals surface area contributed by atoms with E-state index >= 15 is 0 Å². The Balaban J connectivity index is 2.44. The minimum Gasteiger partial charge on any atom is -0.288 e. The van der Waals surface area contributed by atoms with Crippen molar-refractivity contribution in [3.05, 3.63) is 58.9 Å². The second-order valence-electron chi connectivity index (χ2n) is 3.05. The molecule has 0 bridgehead atoms. The highest BCUT2D eigenvalue weighted by molar-refractivity contribution is 6.29. The number of hydrogen-bond donors (Lipinski definition) is 0. The maximum absolute atomic E-state index is 13.3. The van der Waals surface area contributed by atoms with Crippen molar-refractivity contribution < 1.29 is 9.18 Å². The molecule has 0 unspecified atom stereocenters. The second-order valence-corrected chi connectivity index (χ2v) is 3.44. The molecule has 0 aliphatic carbocycles. The van der Waals surface area contributed by atoms with Gasteiger partial charge in [0.2, 0.25) is 0 Å². The zero-order valence-electron chi connectivity index (χ0n) is 8.02. The van der Waals surface area contributed by atoms with Crippen LogP contribution in [0.25, 0.3) is 0 Å². The Hall–Kier alpha value is -1.81. The molecule has 2 rings (SSSR count). The molecule has 2 aromatic heterocycles. The number of pyridine rings is 2. The molecule has 2 aromatic rings. The van der Waals surface area contributed by atoms with Crippen LogP contribution < -0.4 is 0 Å². The summed E-state index contributed by atoms with van der Waals surface area (Å²) in [6.45, 7) is 0. The van der Waals surface area contributed by atoms with Crippen LogP contribution in [0.15, 0.2) is 36.8 Å². The number of rotatable bonds is 2. The lowest BCUT2D eigenvalue weighted by Gasteiger charge is -2.01. The molecule has 5 heteroatoms. The van der Waals surface area contributed by atoms with Gasteiger partial charge in [-0.15, -0.1) is 0 Å². The molecule has 80 valence electrons. The summed E-state index contributed by atoms with van der Waals surface area (Å²) in [5.41, 5.74) is 0.266. The summed E-state index contributed by atoms with van der Waals surface area (Å²) in [7, 11) is 0. The van der Waals surface area contributed by atoms with Crippen LogP contribution in [0, 0.1) is 5.82 Å². The smallest absolute Gasteiger partial charge is 0.196 e. The topological polar surface area (TPSA) is 42.9 Å². The highest BCUT2D eigenvalue weighted by atomic mass is 35.5. The largest absolute Gasteiger partial charge is 0.288 e. The molecule has 0 atom stereocenters. The standard InChI is InChI=1S/C11H6ClFN2O/c12-10-5-7(1-4-15-10)11(16)8-2-3-14-6-9(8)13/h1-6H. The van der Waals surface area contributed by atoms with Gasteiger partial charge in [-0.3, -0.25) is 9.78 Å². The highest BCUT2D eigenvalue weighted by Crippen LogP contribution is 2.14. The van der Waals surface area contributed by atoms with Crippen molar-refractivity contribution in [3.8, 4) is 0 Å². The van der Waals surface area contributed by atoms with Crippen LogP contribution in [0.3, 0.4) is 0 Å². The van der Waals surface area contributed by atoms with Crippen LogP contribution in [0.1, 0.15) is 15.9 Å². The van der Waals surface area contributed by atoms with Crippen LogP contribution in [0.5, 0.6) is 0 Å². The van der Waals surface area contributed by atoms with E-state index in [4.69, 9.17) is 11.6 Å². The lowest BCUT2D eigenvalue weighted by Crippen LogP contribution is -2.04. The average molecular weight is 237 g/mol. The Labute approximate surface area is 95.9 Å². The van der Waals surface area contributed by atoms with E-state index in [-0.39, 0.29) is 10.7 Å². The molecule has 0 saturated carbocycles. The van der Waals surface area contributed by atoms with E-state index in [1.807, 2.05) is 0 Å². The third-order valence-electron chi connectivity index (χ3n) is 2.01.